The minimum absolute atomic E-state index is 0.338. The molecule has 0 aliphatic rings. The second-order valence-corrected chi connectivity index (χ2v) is 2.38. The van der Waals surface area contributed by atoms with Crippen LogP contribution in [0, 0.1) is 20.2 Å². The first kappa shape index (κ1) is 14.9. The summed E-state index contributed by atoms with van der Waals surface area (Å²) in [6.07, 6.45) is 1.90. The first-order valence-electron chi connectivity index (χ1n) is 4.18. The summed E-state index contributed by atoms with van der Waals surface area (Å²) in [5.74, 6) is 0. The summed E-state index contributed by atoms with van der Waals surface area (Å²) in [5.41, 5.74) is 0. The molecule has 0 saturated heterocycles. The van der Waals surface area contributed by atoms with Gasteiger partial charge < -0.3 is 5.21 Å². The number of unbranched alkanes of at least 4 members (excludes halogenated alkanes) is 1. The zero-order valence-electron chi connectivity index (χ0n) is 8.25. The Morgan fingerprint density at radius 1 is 1.29 bits per heavy atom. The van der Waals surface area contributed by atoms with Crippen LogP contribution in [0.5, 0.6) is 0 Å². The van der Waals surface area contributed by atoms with E-state index in [9.17, 15) is 10.1 Å². The van der Waals surface area contributed by atoms with E-state index < -0.39 is 5.09 Å². The van der Waals surface area contributed by atoms with Crippen molar-refractivity contribution in [3.63, 3.8) is 0 Å². The van der Waals surface area contributed by atoms with Crippen molar-refractivity contribution in [2.45, 2.75) is 26.7 Å². The maximum atomic E-state index is 10.2. The minimum Gasteiger partial charge on any atom is -0.328 e. The van der Waals surface area contributed by atoms with Crippen molar-refractivity contribution in [1.82, 2.24) is 5.01 Å². The first-order chi connectivity index (χ1) is 6.45. The van der Waals surface area contributed by atoms with Gasteiger partial charge in [0, 0.05) is 0 Å². The lowest BCUT2D eigenvalue weighted by molar-refractivity contribution is -0.742. The highest BCUT2D eigenvalue weighted by atomic mass is 16.9. The molecule has 0 rings (SSSR count). The van der Waals surface area contributed by atoms with Gasteiger partial charge in [0.05, 0.1) is 13.1 Å². The summed E-state index contributed by atoms with van der Waals surface area (Å²) < 4.78 is 0. The minimum atomic E-state index is -1.50. The Bertz CT molecular complexity index is 171. The van der Waals surface area contributed by atoms with Gasteiger partial charge in [-0.2, -0.15) is 0 Å². The summed E-state index contributed by atoms with van der Waals surface area (Å²) in [4.78, 5) is 18.5. The van der Waals surface area contributed by atoms with Crippen LogP contribution in [0.15, 0.2) is 0 Å². The van der Waals surface area contributed by atoms with E-state index in [-0.39, 0.29) is 5.03 Å². The predicted molar refractivity (Wildman–Crippen MR) is 47.9 cm³/mol. The SMILES string of the molecule is CCCCN(CC)[N+](=O)[O-].O=[N+]([O-])O. The molecule has 0 atom stereocenters. The molecule has 0 aliphatic heterocycles. The van der Waals surface area contributed by atoms with E-state index in [1.807, 2.05) is 6.92 Å². The third-order valence-electron chi connectivity index (χ3n) is 1.37. The molecule has 0 heterocycles. The fourth-order valence-corrected chi connectivity index (χ4v) is 0.696. The van der Waals surface area contributed by atoms with Crippen LogP contribution in [-0.4, -0.2) is 33.4 Å². The molecule has 8 heteroatoms. The molecule has 0 amide bonds. The van der Waals surface area contributed by atoms with Gasteiger partial charge in [0.1, 0.15) is 0 Å². The number of rotatable bonds is 5. The summed E-state index contributed by atoms with van der Waals surface area (Å²) in [6.45, 7) is 4.87. The molecular weight excluding hydrogens is 194 g/mol. The van der Waals surface area contributed by atoms with Crippen molar-refractivity contribution in [1.29, 1.82) is 0 Å². The summed E-state index contributed by atoms with van der Waals surface area (Å²) in [6, 6.07) is 0. The van der Waals surface area contributed by atoms with Crippen LogP contribution < -0.4 is 0 Å². The molecule has 1 N–H and O–H groups in total. The molecule has 0 aromatic heterocycles. The number of hydrogen-bond acceptors (Lipinski definition) is 4. The maximum absolute atomic E-state index is 10.2. The van der Waals surface area contributed by atoms with Crippen LogP contribution in [0.1, 0.15) is 26.7 Å². The van der Waals surface area contributed by atoms with Crippen LogP contribution in [0.3, 0.4) is 0 Å². The Balaban J connectivity index is 0. The van der Waals surface area contributed by atoms with Crippen molar-refractivity contribution in [3.05, 3.63) is 20.2 Å². The lowest BCUT2D eigenvalue weighted by Gasteiger charge is -2.09. The molecule has 0 aliphatic carbocycles. The quantitative estimate of drug-likeness (QED) is 0.533. The maximum Gasteiger partial charge on any atom is 0.291 e. The highest BCUT2D eigenvalue weighted by molar-refractivity contribution is 4.40. The van der Waals surface area contributed by atoms with Gasteiger partial charge in [-0.15, -0.1) is 15.1 Å². The summed E-state index contributed by atoms with van der Waals surface area (Å²) in [5, 5.41) is 24.7. The third kappa shape index (κ3) is 13.0. The average Bonchev–Trinajstić information content (AvgIpc) is 2.04. The van der Waals surface area contributed by atoms with Crippen molar-refractivity contribution in [2.24, 2.45) is 0 Å². The van der Waals surface area contributed by atoms with Crippen LogP contribution in [0.25, 0.3) is 0 Å². The predicted octanol–water partition coefficient (Wildman–Crippen LogP) is 0.952. The van der Waals surface area contributed by atoms with Gasteiger partial charge in [-0.05, 0) is 13.3 Å². The van der Waals surface area contributed by atoms with E-state index in [1.165, 1.54) is 5.01 Å². The molecule has 0 fully saturated rings. The van der Waals surface area contributed by atoms with Gasteiger partial charge in [-0.3, -0.25) is 0 Å². The molecule has 0 aromatic carbocycles. The Kier molecular flexibility index (Phi) is 10.1. The molecule has 8 nitrogen and oxygen atoms in total. The Labute approximate surface area is 81.4 Å². The fraction of sp³-hybridized carbons (Fsp3) is 1.00. The molecule has 0 spiro atoms. The van der Waals surface area contributed by atoms with Crippen LogP contribution in [-0.2, 0) is 0 Å². The molecule has 0 unspecified atom stereocenters. The number of hydrazine groups is 1. The second-order valence-electron chi connectivity index (χ2n) is 2.38. The smallest absolute Gasteiger partial charge is 0.291 e. The topological polar surface area (TPSA) is 110 Å². The van der Waals surface area contributed by atoms with Gasteiger partial charge in [0.2, 0.25) is 0 Å². The van der Waals surface area contributed by atoms with Crippen LogP contribution >= 0.6 is 0 Å². The first-order valence-corrected chi connectivity index (χ1v) is 4.18. The normalized spacial score (nSPS) is 8.43. The monoisotopic (exact) mass is 209 g/mol. The van der Waals surface area contributed by atoms with Crippen molar-refractivity contribution < 1.29 is 15.3 Å². The van der Waals surface area contributed by atoms with Gasteiger partial charge in [0.15, 0.2) is 5.03 Å². The van der Waals surface area contributed by atoms with Gasteiger partial charge in [0.25, 0.3) is 5.09 Å². The van der Waals surface area contributed by atoms with E-state index in [0.717, 1.165) is 12.8 Å². The van der Waals surface area contributed by atoms with Gasteiger partial charge in [-0.1, -0.05) is 13.3 Å². The largest absolute Gasteiger partial charge is 0.328 e. The zero-order valence-corrected chi connectivity index (χ0v) is 8.25. The highest BCUT2D eigenvalue weighted by Gasteiger charge is 2.08. The molecule has 84 valence electrons. The van der Waals surface area contributed by atoms with E-state index in [0.29, 0.717) is 13.1 Å². The standard InChI is InChI=1S/C6H14N2O2.HNO3/c1-3-5-6-7(4-2)8(9)10;2-1(3)4/h3-6H2,1-2H3;(H,2,3,4). The highest BCUT2D eigenvalue weighted by Crippen LogP contribution is 1.93. The molecule has 0 bridgehead atoms. The van der Waals surface area contributed by atoms with Gasteiger partial charge >= 0.3 is 0 Å². The van der Waals surface area contributed by atoms with Crippen LogP contribution in [0.2, 0.25) is 0 Å². The number of nitrogens with zero attached hydrogens (tertiary/aromatic N) is 3. The molecular formula is C6H15N3O5. The average molecular weight is 209 g/mol. The summed E-state index contributed by atoms with van der Waals surface area (Å²) in [7, 11) is 0. The Hall–Kier alpha value is -1.60. The Morgan fingerprint density at radius 2 is 1.71 bits per heavy atom. The van der Waals surface area contributed by atoms with Gasteiger partial charge in [-0.25, -0.2) is 10.1 Å². The van der Waals surface area contributed by atoms with Crippen LogP contribution in [0.4, 0.5) is 0 Å². The molecule has 0 radical (unpaired) electrons. The van der Waals surface area contributed by atoms with Crippen molar-refractivity contribution in [3.8, 4) is 0 Å². The molecule has 14 heavy (non-hydrogen) atoms. The summed E-state index contributed by atoms with van der Waals surface area (Å²) >= 11 is 0. The lowest BCUT2D eigenvalue weighted by atomic mass is 10.3. The second kappa shape index (κ2) is 9.49. The zero-order chi connectivity index (χ0) is 11.6. The van der Waals surface area contributed by atoms with E-state index in [2.05, 4.69) is 0 Å². The Morgan fingerprint density at radius 3 is 1.93 bits per heavy atom. The third-order valence-corrected chi connectivity index (χ3v) is 1.37. The van der Waals surface area contributed by atoms with Crippen molar-refractivity contribution >= 4 is 0 Å². The molecule has 0 saturated carbocycles. The molecule has 0 aromatic rings. The lowest BCUT2D eigenvalue weighted by Crippen LogP contribution is -2.30. The number of nitro groups is 1. The fourth-order valence-electron chi connectivity index (χ4n) is 0.696. The van der Waals surface area contributed by atoms with E-state index in [1.54, 1.807) is 6.92 Å². The van der Waals surface area contributed by atoms with Crippen molar-refractivity contribution in [2.75, 3.05) is 13.1 Å². The van der Waals surface area contributed by atoms with E-state index in [4.69, 9.17) is 15.3 Å². The van der Waals surface area contributed by atoms with E-state index >= 15 is 0 Å². The number of hydrogen-bond donors (Lipinski definition) is 1.